The van der Waals surface area contributed by atoms with E-state index in [4.69, 9.17) is 0 Å². The van der Waals surface area contributed by atoms with Crippen molar-refractivity contribution in [2.45, 2.75) is 46.1 Å². The van der Waals surface area contributed by atoms with Crippen LogP contribution in [0, 0.1) is 0 Å². The maximum atomic E-state index is 4.05. The van der Waals surface area contributed by atoms with Crippen molar-refractivity contribution in [1.82, 2.24) is 4.98 Å². The van der Waals surface area contributed by atoms with Gasteiger partial charge in [0.1, 0.15) is 0 Å². The van der Waals surface area contributed by atoms with E-state index in [2.05, 4.69) is 56.2 Å². The van der Waals surface area contributed by atoms with Gasteiger partial charge < -0.3 is 5.32 Å². The molecule has 0 aliphatic rings. The van der Waals surface area contributed by atoms with E-state index in [9.17, 15) is 0 Å². The van der Waals surface area contributed by atoms with E-state index >= 15 is 0 Å². The summed E-state index contributed by atoms with van der Waals surface area (Å²) in [6, 6.07) is 10.9. The van der Waals surface area contributed by atoms with Crippen LogP contribution in [-0.2, 0) is 6.54 Å². The number of nitrogens with zero attached hydrogens (tertiary/aromatic N) is 1. The minimum atomic E-state index is 0.522. The Bertz CT molecular complexity index is 545. The Labute approximate surface area is 122 Å². The summed E-state index contributed by atoms with van der Waals surface area (Å²) >= 11 is 0. The van der Waals surface area contributed by atoms with Crippen molar-refractivity contribution in [3.8, 4) is 0 Å². The van der Waals surface area contributed by atoms with Crippen LogP contribution in [0.2, 0.25) is 0 Å². The van der Waals surface area contributed by atoms with Crippen LogP contribution in [0.4, 0.5) is 5.69 Å². The van der Waals surface area contributed by atoms with E-state index < -0.39 is 0 Å². The summed E-state index contributed by atoms with van der Waals surface area (Å²) < 4.78 is 0. The first kappa shape index (κ1) is 14.6. The van der Waals surface area contributed by atoms with Gasteiger partial charge in [0, 0.05) is 24.6 Å². The van der Waals surface area contributed by atoms with Crippen LogP contribution in [-0.4, -0.2) is 4.98 Å². The van der Waals surface area contributed by atoms with Crippen molar-refractivity contribution >= 4 is 5.69 Å². The molecule has 1 aromatic carbocycles. The molecule has 2 nitrogen and oxygen atoms in total. The predicted octanol–water partition coefficient (Wildman–Crippen LogP) is 4.94. The molecule has 1 N–H and O–H groups in total. The van der Waals surface area contributed by atoms with Gasteiger partial charge in [-0.2, -0.15) is 0 Å². The molecule has 0 unspecified atom stereocenters. The lowest BCUT2D eigenvalue weighted by Gasteiger charge is -2.17. The lowest BCUT2D eigenvalue weighted by atomic mass is 9.94. The van der Waals surface area contributed by atoms with Crippen molar-refractivity contribution in [2.24, 2.45) is 0 Å². The Morgan fingerprint density at radius 2 is 1.65 bits per heavy atom. The summed E-state index contributed by atoms with van der Waals surface area (Å²) in [6.07, 6.45) is 3.67. The highest BCUT2D eigenvalue weighted by Crippen LogP contribution is 2.28. The van der Waals surface area contributed by atoms with Gasteiger partial charge in [-0.3, -0.25) is 4.98 Å². The first-order valence-corrected chi connectivity index (χ1v) is 7.34. The van der Waals surface area contributed by atoms with Crippen LogP contribution in [0.5, 0.6) is 0 Å². The van der Waals surface area contributed by atoms with E-state index in [1.165, 1.54) is 22.4 Å². The fourth-order valence-corrected chi connectivity index (χ4v) is 2.28. The van der Waals surface area contributed by atoms with Gasteiger partial charge in [-0.1, -0.05) is 39.8 Å². The second kappa shape index (κ2) is 6.56. The first-order chi connectivity index (χ1) is 9.58. The molecule has 20 heavy (non-hydrogen) atoms. The third-order valence-corrected chi connectivity index (χ3v) is 3.60. The number of nitrogens with one attached hydrogen (secondary N) is 1. The first-order valence-electron chi connectivity index (χ1n) is 7.34. The number of benzene rings is 1. The normalized spacial score (nSPS) is 11.1. The molecule has 106 valence electrons. The fraction of sp³-hybridized carbons (Fsp3) is 0.389. The maximum Gasteiger partial charge on any atom is 0.0402 e. The lowest BCUT2D eigenvalue weighted by Crippen LogP contribution is -2.04. The van der Waals surface area contributed by atoms with Gasteiger partial charge in [0.25, 0.3) is 0 Å². The van der Waals surface area contributed by atoms with Gasteiger partial charge in [0.2, 0.25) is 0 Å². The van der Waals surface area contributed by atoms with E-state index in [0.717, 1.165) is 6.54 Å². The third-order valence-electron chi connectivity index (χ3n) is 3.60. The molecule has 0 amide bonds. The van der Waals surface area contributed by atoms with Crippen molar-refractivity contribution in [3.05, 3.63) is 59.4 Å². The van der Waals surface area contributed by atoms with Crippen LogP contribution in [0.25, 0.3) is 0 Å². The third kappa shape index (κ3) is 3.60. The zero-order chi connectivity index (χ0) is 14.5. The Balaban J connectivity index is 2.18. The molecule has 0 bridgehead atoms. The summed E-state index contributed by atoms with van der Waals surface area (Å²) in [5.74, 6) is 1.09. The zero-order valence-corrected chi connectivity index (χ0v) is 12.9. The monoisotopic (exact) mass is 268 g/mol. The van der Waals surface area contributed by atoms with E-state index in [-0.39, 0.29) is 0 Å². The van der Waals surface area contributed by atoms with Crippen LogP contribution >= 0.6 is 0 Å². The number of anilines is 1. The Kier molecular flexibility index (Phi) is 4.78. The molecule has 0 aliphatic heterocycles. The molecular formula is C18H24N2. The number of rotatable bonds is 5. The second-order valence-corrected chi connectivity index (χ2v) is 5.87. The SMILES string of the molecule is CC(C)c1ccc(NCc2ccncc2)c(C(C)C)c1. The minimum absolute atomic E-state index is 0.522. The fourth-order valence-electron chi connectivity index (χ4n) is 2.28. The zero-order valence-electron chi connectivity index (χ0n) is 12.9. The smallest absolute Gasteiger partial charge is 0.0402 e. The van der Waals surface area contributed by atoms with Crippen LogP contribution in [0.1, 0.15) is 56.2 Å². The lowest BCUT2D eigenvalue weighted by molar-refractivity contribution is 0.833. The second-order valence-electron chi connectivity index (χ2n) is 5.87. The molecule has 1 heterocycles. The standard InChI is InChI=1S/C18H24N2/c1-13(2)16-5-6-18(17(11-16)14(3)4)20-12-15-7-9-19-10-8-15/h5-11,13-14,20H,12H2,1-4H3. The van der Waals surface area contributed by atoms with Crippen molar-refractivity contribution in [1.29, 1.82) is 0 Å². The maximum absolute atomic E-state index is 4.05. The van der Waals surface area contributed by atoms with Gasteiger partial charge >= 0.3 is 0 Å². The molecule has 0 aliphatic carbocycles. The molecule has 0 saturated heterocycles. The average Bonchev–Trinajstić information content (AvgIpc) is 2.45. The van der Waals surface area contributed by atoms with Gasteiger partial charge in [-0.05, 0) is 46.7 Å². The number of hydrogen-bond acceptors (Lipinski definition) is 2. The molecule has 2 aromatic rings. The molecule has 0 fully saturated rings. The van der Waals surface area contributed by atoms with E-state index in [1.807, 2.05) is 24.5 Å². The van der Waals surface area contributed by atoms with Crippen molar-refractivity contribution < 1.29 is 0 Å². The number of hydrogen-bond donors (Lipinski definition) is 1. The van der Waals surface area contributed by atoms with Crippen molar-refractivity contribution in [2.75, 3.05) is 5.32 Å². The average molecular weight is 268 g/mol. The summed E-state index contributed by atoms with van der Waals surface area (Å²) in [5.41, 5.74) is 5.29. The van der Waals surface area contributed by atoms with Crippen LogP contribution in [0.3, 0.4) is 0 Å². The molecular weight excluding hydrogens is 244 g/mol. The highest BCUT2D eigenvalue weighted by Gasteiger charge is 2.09. The minimum Gasteiger partial charge on any atom is -0.381 e. The van der Waals surface area contributed by atoms with Gasteiger partial charge in [-0.15, -0.1) is 0 Å². The van der Waals surface area contributed by atoms with Gasteiger partial charge in [0.15, 0.2) is 0 Å². The largest absolute Gasteiger partial charge is 0.381 e. The highest BCUT2D eigenvalue weighted by atomic mass is 14.9. The Morgan fingerprint density at radius 3 is 2.25 bits per heavy atom. The summed E-state index contributed by atoms with van der Waals surface area (Å²) in [6.45, 7) is 9.81. The molecule has 0 spiro atoms. The van der Waals surface area contributed by atoms with Gasteiger partial charge in [-0.25, -0.2) is 0 Å². The highest BCUT2D eigenvalue weighted by molar-refractivity contribution is 5.54. The molecule has 2 rings (SSSR count). The van der Waals surface area contributed by atoms with Crippen molar-refractivity contribution in [3.63, 3.8) is 0 Å². The van der Waals surface area contributed by atoms with E-state index in [0.29, 0.717) is 11.8 Å². The quantitative estimate of drug-likeness (QED) is 0.830. The van der Waals surface area contributed by atoms with E-state index in [1.54, 1.807) is 0 Å². The number of aromatic nitrogens is 1. The van der Waals surface area contributed by atoms with Gasteiger partial charge in [0.05, 0.1) is 0 Å². The van der Waals surface area contributed by atoms with Crippen LogP contribution < -0.4 is 5.32 Å². The molecule has 0 atom stereocenters. The number of pyridine rings is 1. The predicted molar refractivity (Wildman–Crippen MR) is 86.2 cm³/mol. The molecule has 1 aromatic heterocycles. The summed E-state index contributed by atoms with van der Waals surface area (Å²) in [4.78, 5) is 4.05. The molecule has 0 saturated carbocycles. The van der Waals surface area contributed by atoms with Crippen LogP contribution in [0.15, 0.2) is 42.7 Å². The Hall–Kier alpha value is -1.83. The Morgan fingerprint density at radius 1 is 0.950 bits per heavy atom. The molecule has 2 heteroatoms. The summed E-state index contributed by atoms with van der Waals surface area (Å²) in [5, 5.41) is 3.55. The molecule has 0 radical (unpaired) electrons. The topological polar surface area (TPSA) is 24.9 Å². The summed E-state index contributed by atoms with van der Waals surface area (Å²) in [7, 11) is 0.